The molecule has 2 aromatic rings. The fraction of sp³-hybridized carbons (Fsp3) is 0.438. The molecule has 3 rings (SSSR count). The van der Waals surface area contributed by atoms with E-state index in [2.05, 4.69) is 15.0 Å². The van der Waals surface area contributed by atoms with Gasteiger partial charge in [-0.1, -0.05) is 11.3 Å². The van der Waals surface area contributed by atoms with Crippen molar-refractivity contribution in [2.24, 2.45) is 5.73 Å². The Kier molecular flexibility index (Phi) is 5.51. The Balaban J connectivity index is 1.65. The largest absolute Gasteiger partial charge is 0.573 e. The predicted octanol–water partition coefficient (Wildman–Crippen LogP) is 2.47. The molecule has 0 unspecified atom stereocenters. The first kappa shape index (κ1) is 19.4. The highest BCUT2D eigenvalue weighted by molar-refractivity contribution is 7.22. The fourth-order valence-corrected chi connectivity index (χ4v) is 3.94. The number of anilines is 1. The number of carbonyl (C=O) groups is 2. The van der Waals surface area contributed by atoms with Gasteiger partial charge in [0.05, 0.1) is 16.8 Å². The molecule has 1 aliphatic rings. The molecule has 1 fully saturated rings. The zero-order valence-electron chi connectivity index (χ0n) is 14.1. The lowest BCUT2D eigenvalue weighted by molar-refractivity contribution is -0.274. The summed E-state index contributed by atoms with van der Waals surface area (Å²) < 4.78 is 41.2. The highest BCUT2D eigenvalue weighted by atomic mass is 32.1. The van der Waals surface area contributed by atoms with Crippen LogP contribution in [0.3, 0.4) is 0 Å². The first-order valence-electron chi connectivity index (χ1n) is 8.21. The van der Waals surface area contributed by atoms with E-state index in [4.69, 9.17) is 5.73 Å². The van der Waals surface area contributed by atoms with Crippen molar-refractivity contribution in [2.45, 2.75) is 31.7 Å². The van der Waals surface area contributed by atoms with E-state index in [1.54, 1.807) is 4.90 Å². The molecule has 0 bridgehead atoms. The monoisotopic (exact) mass is 402 g/mol. The van der Waals surface area contributed by atoms with Crippen molar-refractivity contribution in [3.8, 4) is 5.75 Å². The molecule has 2 heterocycles. The van der Waals surface area contributed by atoms with E-state index >= 15 is 0 Å². The van der Waals surface area contributed by atoms with E-state index in [-0.39, 0.29) is 41.7 Å². The van der Waals surface area contributed by atoms with Gasteiger partial charge in [-0.25, -0.2) is 4.98 Å². The average Bonchev–Trinajstić information content (AvgIpc) is 3.18. The van der Waals surface area contributed by atoms with Gasteiger partial charge in [-0.2, -0.15) is 0 Å². The number of carbonyl (C=O) groups excluding carboxylic acids is 2. The van der Waals surface area contributed by atoms with Crippen LogP contribution in [0.2, 0.25) is 0 Å². The Hall–Kier alpha value is -2.40. The number of alkyl halides is 3. The molecule has 11 heteroatoms. The molecule has 0 radical (unpaired) electrons. The number of rotatable bonds is 5. The van der Waals surface area contributed by atoms with Crippen molar-refractivity contribution in [2.75, 3.05) is 18.4 Å². The van der Waals surface area contributed by atoms with Crippen LogP contribution in [-0.2, 0) is 9.59 Å². The van der Waals surface area contributed by atoms with Crippen LogP contribution < -0.4 is 15.8 Å². The summed E-state index contributed by atoms with van der Waals surface area (Å²) in [4.78, 5) is 29.8. The standard InChI is InChI=1S/C16H17F3N4O3S/c17-16(18,19)26-10-3-4-11-12(7-10)27-15(21-11)22-13(24)6-9-2-1-5-23(9)14(25)8-20/h3-4,7,9H,1-2,5-6,8,20H2,(H,21,22,24)/t9-/m0/s1. The van der Waals surface area contributed by atoms with E-state index in [1.807, 2.05) is 0 Å². The minimum atomic E-state index is -4.77. The summed E-state index contributed by atoms with van der Waals surface area (Å²) in [5.41, 5.74) is 5.83. The normalized spacial score (nSPS) is 17.3. The molecular weight excluding hydrogens is 385 g/mol. The molecule has 7 nitrogen and oxygen atoms in total. The molecular formula is C16H17F3N4O3S. The second kappa shape index (κ2) is 7.69. The van der Waals surface area contributed by atoms with E-state index in [0.29, 0.717) is 16.8 Å². The summed E-state index contributed by atoms with van der Waals surface area (Å²) >= 11 is 1.04. The van der Waals surface area contributed by atoms with Gasteiger partial charge in [-0.15, -0.1) is 13.2 Å². The molecule has 3 N–H and O–H groups in total. The van der Waals surface area contributed by atoms with Crippen LogP contribution in [0.1, 0.15) is 19.3 Å². The SMILES string of the molecule is NCC(=O)N1CCC[C@H]1CC(=O)Nc1nc2ccc(OC(F)(F)F)cc2s1. The lowest BCUT2D eigenvalue weighted by Gasteiger charge is -2.23. The molecule has 1 aromatic heterocycles. The summed E-state index contributed by atoms with van der Waals surface area (Å²) in [5, 5.41) is 2.91. The van der Waals surface area contributed by atoms with Gasteiger partial charge in [-0.05, 0) is 25.0 Å². The van der Waals surface area contributed by atoms with E-state index < -0.39 is 6.36 Å². The Morgan fingerprint density at radius 3 is 2.89 bits per heavy atom. The maximum atomic E-state index is 12.3. The Morgan fingerprint density at radius 1 is 1.41 bits per heavy atom. The van der Waals surface area contributed by atoms with Gasteiger partial charge in [0.15, 0.2) is 5.13 Å². The molecule has 0 spiro atoms. The van der Waals surface area contributed by atoms with Gasteiger partial charge in [0, 0.05) is 25.1 Å². The summed E-state index contributed by atoms with van der Waals surface area (Å²) in [6.45, 7) is 0.482. The third-order valence-electron chi connectivity index (χ3n) is 4.13. The summed E-state index contributed by atoms with van der Waals surface area (Å²) in [7, 11) is 0. The number of nitrogens with two attached hydrogens (primary N) is 1. The number of fused-ring (bicyclic) bond motifs is 1. The Morgan fingerprint density at radius 2 is 2.19 bits per heavy atom. The summed E-state index contributed by atoms with van der Waals surface area (Å²) in [6.07, 6.45) is -3.13. The first-order chi connectivity index (χ1) is 12.7. The van der Waals surface area contributed by atoms with Gasteiger partial charge < -0.3 is 20.7 Å². The number of benzene rings is 1. The van der Waals surface area contributed by atoms with Crippen molar-refractivity contribution in [1.82, 2.24) is 9.88 Å². The van der Waals surface area contributed by atoms with E-state index in [9.17, 15) is 22.8 Å². The highest BCUT2D eigenvalue weighted by Crippen LogP contribution is 2.32. The van der Waals surface area contributed by atoms with Crippen molar-refractivity contribution < 1.29 is 27.5 Å². The number of likely N-dealkylation sites (tertiary alicyclic amines) is 1. The lowest BCUT2D eigenvalue weighted by atomic mass is 10.1. The van der Waals surface area contributed by atoms with E-state index in [0.717, 1.165) is 30.2 Å². The third-order valence-corrected chi connectivity index (χ3v) is 5.07. The van der Waals surface area contributed by atoms with Crippen LogP contribution in [0.4, 0.5) is 18.3 Å². The highest BCUT2D eigenvalue weighted by Gasteiger charge is 2.31. The molecule has 2 amide bonds. The van der Waals surface area contributed by atoms with Gasteiger partial charge in [-0.3, -0.25) is 9.59 Å². The van der Waals surface area contributed by atoms with Crippen molar-refractivity contribution >= 4 is 38.5 Å². The third kappa shape index (κ3) is 4.86. The van der Waals surface area contributed by atoms with Gasteiger partial charge >= 0.3 is 6.36 Å². The molecule has 27 heavy (non-hydrogen) atoms. The molecule has 0 saturated carbocycles. The van der Waals surface area contributed by atoms with Crippen molar-refractivity contribution in [3.05, 3.63) is 18.2 Å². The summed E-state index contributed by atoms with van der Waals surface area (Å²) in [6, 6.07) is 3.56. The average molecular weight is 402 g/mol. The number of hydrogen-bond acceptors (Lipinski definition) is 6. The zero-order valence-corrected chi connectivity index (χ0v) is 14.9. The fourth-order valence-electron chi connectivity index (χ4n) is 3.03. The quantitative estimate of drug-likeness (QED) is 0.801. The number of aromatic nitrogens is 1. The van der Waals surface area contributed by atoms with Crippen LogP contribution in [0.5, 0.6) is 5.75 Å². The van der Waals surface area contributed by atoms with Crippen LogP contribution >= 0.6 is 11.3 Å². The topological polar surface area (TPSA) is 97.6 Å². The Bertz CT molecular complexity index is 855. The number of amides is 2. The van der Waals surface area contributed by atoms with Gasteiger partial charge in [0.2, 0.25) is 11.8 Å². The second-order valence-corrected chi connectivity index (χ2v) is 7.07. The molecule has 0 aliphatic carbocycles. The molecule has 1 aliphatic heterocycles. The summed E-state index contributed by atoms with van der Waals surface area (Å²) in [5.74, 6) is -0.858. The minimum Gasteiger partial charge on any atom is -0.406 e. The number of ether oxygens (including phenoxy) is 1. The van der Waals surface area contributed by atoms with E-state index in [1.165, 1.54) is 12.1 Å². The van der Waals surface area contributed by atoms with Crippen molar-refractivity contribution in [3.63, 3.8) is 0 Å². The van der Waals surface area contributed by atoms with Gasteiger partial charge in [0.1, 0.15) is 5.75 Å². The number of thiazole rings is 1. The van der Waals surface area contributed by atoms with Crippen LogP contribution in [0.15, 0.2) is 18.2 Å². The van der Waals surface area contributed by atoms with Crippen molar-refractivity contribution in [1.29, 1.82) is 0 Å². The second-order valence-electron chi connectivity index (χ2n) is 6.04. The number of nitrogens with one attached hydrogen (secondary N) is 1. The van der Waals surface area contributed by atoms with Gasteiger partial charge in [0.25, 0.3) is 0 Å². The lowest BCUT2D eigenvalue weighted by Crippen LogP contribution is -2.41. The maximum absolute atomic E-state index is 12.3. The first-order valence-corrected chi connectivity index (χ1v) is 9.02. The number of hydrogen-bond donors (Lipinski definition) is 2. The van der Waals surface area contributed by atoms with Crippen LogP contribution in [0.25, 0.3) is 10.2 Å². The van der Waals surface area contributed by atoms with Crippen LogP contribution in [0, 0.1) is 0 Å². The zero-order chi connectivity index (χ0) is 19.6. The molecule has 1 saturated heterocycles. The minimum absolute atomic E-state index is 0.0989. The number of halogens is 3. The maximum Gasteiger partial charge on any atom is 0.573 e. The molecule has 1 aromatic carbocycles. The predicted molar refractivity (Wildman–Crippen MR) is 93.3 cm³/mol. The number of nitrogens with zero attached hydrogens (tertiary/aromatic N) is 2. The Labute approximate surface area is 156 Å². The van der Waals surface area contributed by atoms with Crippen LogP contribution in [-0.4, -0.2) is 47.2 Å². The molecule has 146 valence electrons. The molecule has 1 atom stereocenters. The smallest absolute Gasteiger partial charge is 0.406 e.